The molecular formula is C3H7O2PS2. The minimum absolute atomic E-state index is 1.33. The van der Waals surface area contributed by atoms with E-state index in [4.69, 9.17) is 4.89 Å². The number of hydrogen-bond donors (Lipinski definition) is 2. The molecule has 1 atom stereocenters. The largest absolute Gasteiger partial charge is 0.445 e. The molecule has 48 valence electrons. The summed E-state index contributed by atoms with van der Waals surface area (Å²) in [5, 5.41) is 0. The molecule has 0 aliphatic carbocycles. The van der Waals surface area contributed by atoms with Crippen molar-refractivity contribution in [3.05, 3.63) is 12.3 Å². The van der Waals surface area contributed by atoms with Crippen molar-refractivity contribution >= 4 is 29.7 Å². The minimum Gasteiger partial charge on any atom is -0.445 e. The summed E-state index contributed by atoms with van der Waals surface area (Å²) in [6, 6.07) is 0. The molecule has 2 nitrogen and oxygen atoms in total. The molecule has 0 aromatic heterocycles. The maximum absolute atomic E-state index is 8.67. The lowest BCUT2D eigenvalue weighted by Crippen LogP contribution is -1.68. The monoisotopic (exact) mass is 170 g/mol. The highest BCUT2D eigenvalue weighted by atomic mass is 32.9. The second-order valence-corrected chi connectivity index (χ2v) is 6.18. The van der Waals surface area contributed by atoms with Crippen LogP contribution in [0.25, 0.3) is 0 Å². The quantitative estimate of drug-likeness (QED) is 0.375. The molecule has 0 aliphatic heterocycles. The van der Waals surface area contributed by atoms with Gasteiger partial charge in [0.15, 0.2) is 0 Å². The first-order chi connectivity index (χ1) is 3.56. The highest BCUT2D eigenvalue weighted by molar-refractivity contribution is 8.59. The molecule has 0 saturated heterocycles. The van der Waals surface area contributed by atoms with Crippen LogP contribution in [-0.4, -0.2) is 4.89 Å². The van der Waals surface area contributed by atoms with E-state index in [1.807, 2.05) is 0 Å². The predicted molar refractivity (Wildman–Crippen MR) is 41.4 cm³/mol. The Morgan fingerprint density at radius 3 is 2.50 bits per heavy atom. The van der Waals surface area contributed by atoms with Crippen LogP contribution in [0.15, 0.2) is 12.3 Å². The lowest BCUT2D eigenvalue weighted by Gasteiger charge is -2.03. The predicted octanol–water partition coefficient (Wildman–Crippen LogP) is 1.68. The Balaban J connectivity index is 3.57. The molecule has 1 N–H and O–H groups in total. The average Bonchev–Trinajstić information content (AvgIpc) is 1.59. The van der Waals surface area contributed by atoms with Crippen LogP contribution in [0.1, 0.15) is 6.92 Å². The maximum Gasteiger partial charge on any atom is 0.291 e. The van der Waals surface area contributed by atoms with E-state index in [1.54, 1.807) is 13.0 Å². The van der Waals surface area contributed by atoms with Gasteiger partial charge in [-0.2, -0.15) is 0 Å². The molecule has 5 heteroatoms. The van der Waals surface area contributed by atoms with Crippen molar-refractivity contribution in [2.75, 3.05) is 0 Å². The Bertz CT molecular complexity index is 127. The fraction of sp³-hybridized carbons (Fsp3) is 0.333. The minimum atomic E-state index is -2.74. The van der Waals surface area contributed by atoms with E-state index in [2.05, 4.69) is 28.6 Å². The Morgan fingerprint density at radius 1 is 1.88 bits per heavy atom. The third kappa shape index (κ3) is 6.50. The van der Waals surface area contributed by atoms with Crippen LogP contribution in [0, 0.1) is 0 Å². The van der Waals surface area contributed by atoms with Crippen molar-refractivity contribution in [1.82, 2.24) is 0 Å². The number of rotatable bonds is 2. The summed E-state index contributed by atoms with van der Waals surface area (Å²) in [5.74, 6) is 0. The summed E-state index contributed by atoms with van der Waals surface area (Å²) < 4.78 is 4.54. The highest BCUT2D eigenvalue weighted by Gasteiger charge is 2.00. The number of thiol groups is 1. The zero-order valence-electron chi connectivity index (χ0n) is 4.31. The van der Waals surface area contributed by atoms with Crippen LogP contribution in [0.5, 0.6) is 0 Å². The van der Waals surface area contributed by atoms with E-state index in [1.165, 1.54) is 6.26 Å². The summed E-state index contributed by atoms with van der Waals surface area (Å²) in [7, 11) is 0. The molecule has 0 aliphatic rings. The van der Waals surface area contributed by atoms with Gasteiger partial charge in [0, 0.05) is 0 Å². The molecule has 0 spiro atoms. The van der Waals surface area contributed by atoms with Gasteiger partial charge in [0.25, 0.3) is 5.69 Å². The van der Waals surface area contributed by atoms with Gasteiger partial charge in [-0.25, -0.2) is 0 Å². The Labute approximate surface area is 58.9 Å². The third-order valence-electron chi connectivity index (χ3n) is 0.334. The first-order valence-corrected chi connectivity index (χ1v) is 5.74. The summed E-state index contributed by atoms with van der Waals surface area (Å²) in [5.41, 5.74) is -2.74. The van der Waals surface area contributed by atoms with Gasteiger partial charge in [-0.05, 0) is 18.7 Å². The van der Waals surface area contributed by atoms with E-state index >= 15 is 0 Å². The Morgan fingerprint density at radius 2 is 2.38 bits per heavy atom. The second-order valence-electron chi connectivity index (χ2n) is 1.07. The van der Waals surface area contributed by atoms with Crippen LogP contribution < -0.4 is 0 Å². The van der Waals surface area contributed by atoms with Gasteiger partial charge in [-0.1, -0.05) is 18.3 Å². The second kappa shape index (κ2) is 3.51. The summed E-state index contributed by atoms with van der Waals surface area (Å²) in [4.78, 5) is 8.67. The summed E-state index contributed by atoms with van der Waals surface area (Å²) in [6.45, 7) is 1.76. The van der Waals surface area contributed by atoms with Crippen molar-refractivity contribution in [3.8, 4) is 0 Å². The lowest BCUT2D eigenvalue weighted by atomic mass is 10.8. The van der Waals surface area contributed by atoms with Crippen molar-refractivity contribution in [3.63, 3.8) is 0 Å². The van der Waals surface area contributed by atoms with E-state index in [0.29, 0.717) is 0 Å². The first-order valence-electron chi connectivity index (χ1n) is 1.91. The Kier molecular flexibility index (Phi) is 3.73. The number of hydrogen-bond acceptors (Lipinski definition) is 2. The smallest absolute Gasteiger partial charge is 0.291 e. The molecule has 0 fully saturated rings. The molecule has 0 aromatic rings. The average molecular weight is 170 g/mol. The van der Waals surface area contributed by atoms with Crippen LogP contribution >= 0.6 is 17.9 Å². The third-order valence-corrected chi connectivity index (χ3v) is 1.27. The maximum atomic E-state index is 8.67. The normalized spacial score (nSPS) is 18.4. The van der Waals surface area contributed by atoms with Crippen molar-refractivity contribution in [1.29, 1.82) is 0 Å². The van der Waals surface area contributed by atoms with E-state index in [9.17, 15) is 0 Å². The van der Waals surface area contributed by atoms with Crippen molar-refractivity contribution < 1.29 is 9.42 Å². The van der Waals surface area contributed by atoms with E-state index in [0.717, 1.165) is 0 Å². The molecule has 0 heterocycles. The molecule has 1 unspecified atom stereocenters. The zero-order chi connectivity index (χ0) is 6.62. The van der Waals surface area contributed by atoms with Crippen LogP contribution in [0.3, 0.4) is 0 Å². The van der Waals surface area contributed by atoms with Gasteiger partial charge in [-0.3, -0.25) is 0 Å². The van der Waals surface area contributed by atoms with Crippen molar-refractivity contribution in [2.45, 2.75) is 6.92 Å². The molecule has 0 amide bonds. The summed E-state index contributed by atoms with van der Waals surface area (Å²) >= 11 is 8.00. The Hall–Kier alpha value is 0.500. The van der Waals surface area contributed by atoms with Crippen LogP contribution in [0.4, 0.5) is 0 Å². The first kappa shape index (κ1) is 8.50. The lowest BCUT2D eigenvalue weighted by molar-refractivity contribution is 0.455. The van der Waals surface area contributed by atoms with Gasteiger partial charge in [0.05, 0.1) is 6.26 Å². The molecule has 0 rings (SSSR count). The molecule has 0 saturated carbocycles. The van der Waals surface area contributed by atoms with Gasteiger partial charge in [0.2, 0.25) is 0 Å². The van der Waals surface area contributed by atoms with E-state index < -0.39 is 5.69 Å². The molecule has 0 radical (unpaired) electrons. The van der Waals surface area contributed by atoms with Crippen LogP contribution in [-0.2, 0) is 16.3 Å². The SMILES string of the molecule is CC=COP(O)(=S)S. The van der Waals surface area contributed by atoms with Gasteiger partial charge in [-0.15, -0.1) is 0 Å². The zero-order valence-corrected chi connectivity index (χ0v) is 6.92. The molecular weight excluding hydrogens is 163 g/mol. The number of allylic oxidation sites excluding steroid dienone is 1. The highest BCUT2D eigenvalue weighted by Crippen LogP contribution is 2.47. The van der Waals surface area contributed by atoms with E-state index in [-0.39, 0.29) is 0 Å². The fourth-order valence-electron chi connectivity index (χ4n) is 0.140. The fourth-order valence-corrected chi connectivity index (χ4v) is 0.733. The summed E-state index contributed by atoms with van der Waals surface area (Å²) in [6.07, 6.45) is 2.96. The van der Waals surface area contributed by atoms with Gasteiger partial charge >= 0.3 is 0 Å². The van der Waals surface area contributed by atoms with Gasteiger partial charge in [0.1, 0.15) is 0 Å². The molecule has 8 heavy (non-hydrogen) atoms. The molecule has 0 aromatic carbocycles. The molecule has 0 bridgehead atoms. The van der Waals surface area contributed by atoms with Gasteiger partial charge < -0.3 is 9.42 Å². The van der Waals surface area contributed by atoms with Crippen LogP contribution in [0.2, 0.25) is 0 Å². The van der Waals surface area contributed by atoms with Crippen molar-refractivity contribution in [2.24, 2.45) is 0 Å². The topological polar surface area (TPSA) is 29.5 Å². The standard InChI is InChI=1S/C3H7O2PS2/c1-2-3-5-6(4,7)8/h2-3H,1H3,(H2,4,7,8).